The Bertz CT molecular complexity index is 994. The average molecular weight is 469 g/mol. The number of ether oxygens (including phenoxy) is 1. The molecule has 0 fully saturated rings. The molecule has 2 aromatic carbocycles. The average Bonchev–Trinajstić information content (AvgIpc) is 3.34. The number of nitrogens with zero attached hydrogens (tertiary/aromatic N) is 2. The first-order valence-electron chi connectivity index (χ1n) is 11.0. The smallest absolute Gasteiger partial charge is 0.254 e. The van der Waals surface area contributed by atoms with Crippen LogP contribution in [-0.4, -0.2) is 47.9 Å². The lowest BCUT2D eigenvalue weighted by molar-refractivity contribution is -0.133. The molecular weight excluding hydrogens is 439 g/mol. The number of rotatable bonds is 12. The molecule has 1 aromatic heterocycles. The molecule has 2 amide bonds. The summed E-state index contributed by atoms with van der Waals surface area (Å²) in [7, 11) is 0. The summed E-state index contributed by atoms with van der Waals surface area (Å²) in [5.74, 6) is -0.842. The molecule has 0 N–H and O–H groups in total. The zero-order chi connectivity index (χ0) is 23.5. The monoisotopic (exact) mass is 468 g/mol. The Balaban J connectivity index is 1.76. The number of hydrogen-bond acceptors (Lipinski definition) is 4. The second-order valence-electron chi connectivity index (χ2n) is 7.60. The van der Waals surface area contributed by atoms with Gasteiger partial charge in [-0.1, -0.05) is 36.4 Å². The van der Waals surface area contributed by atoms with E-state index in [0.717, 1.165) is 10.4 Å². The third kappa shape index (κ3) is 7.80. The third-order valence-corrected chi connectivity index (χ3v) is 5.98. The molecule has 5 nitrogen and oxygen atoms in total. The van der Waals surface area contributed by atoms with Gasteiger partial charge >= 0.3 is 0 Å². The van der Waals surface area contributed by atoms with Gasteiger partial charge in [-0.15, -0.1) is 11.3 Å². The highest BCUT2D eigenvalue weighted by molar-refractivity contribution is 7.09. The second-order valence-corrected chi connectivity index (χ2v) is 8.63. The summed E-state index contributed by atoms with van der Waals surface area (Å²) in [5, 5.41) is 1.98. The molecule has 0 aliphatic heterocycles. The van der Waals surface area contributed by atoms with Crippen molar-refractivity contribution >= 4 is 23.2 Å². The van der Waals surface area contributed by atoms with E-state index in [0.29, 0.717) is 44.8 Å². The first-order valence-corrected chi connectivity index (χ1v) is 11.9. The molecule has 0 aliphatic rings. The van der Waals surface area contributed by atoms with E-state index in [2.05, 4.69) is 0 Å². The van der Waals surface area contributed by atoms with Gasteiger partial charge in [-0.05, 0) is 54.6 Å². The Kier molecular flexibility index (Phi) is 9.59. The molecule has 1 heterocycles. The number of carbonyl (C=O) groups excluding carboxylic acids is 2. The van der Waals surface area contributed by atoms with Crippen molar-refractivity contribution in [3.8, 4) is 0 Å². The summed E-state index contributed by atoms with van der Waals surface area (Å²) >= 11 is 1.60. The van der Waals surface area contributed by atoms with Gasteiger partial charge in [0.15, 0.2) is 0 Å². The molecular formula is C26H29FN2O3S. The van der Waals surface area contributed by atoms with Crippen molar-refractivity contribution in [1.82, 2.24) is 9.80 Å². The van der Waals surface area contributed by atoms with Crippen LogP contribution in [0.2, 0.25) is 0 Å². The van der Waals surface area contributed by atoms with Gasteiger partial charge in [0.05, 0.1) is 6.54 Å². The van der Waals surface area contributed by atoms with Crippen LogP contribution in [0.1, 0.15) is 34.1 Å². The third-order valence-electron chi connectivity index (χ3n) is 5.12. The van der Waals surface area contributed by atoms with Gasteiger partial charge in [0.2, 0.25) is 5.91 Å². The highest BCUT2D eigenvalue weighted by Crippen LogP contribution is 2.16. The molecule has 3 rings (SSSR count). The molecule has 0 atom stereocenters. The molecule has 174 valence electrons. The van der Waals surface area contributed by atoms with Gasteiger partial charge < -0.3 is 14.5 Å². The SMILES string of the molecule is CCOCCCN(CC(=O)N(Cc1ccccc1)Cc1cccs1)C(=O)c1ccc(F)cc1. The van der Waals surface area contributed by atoms with Gasteiger partial charge in [0.1, 0.15) is 12.4 Å². The zero-order valence-electron chi connectivity index (χ0n) is 18.8. The molecule has 3 aromatic rings. The maximum Gasteiger partial charge on any atom is 0.254 e. The molecule has 0 bridgehead atoms. The Morgan fingerprint density at radius 3 is 2.36 bits per heavy atom. The van der Waals surface area contributed by atoms with Crippen LogP contribution >= 0.6 is 11.3 Å². The van der Waals surface area contributed by atoms with Crippen LogP contribution in [0.15, 0.2) is 72.1 Å². The van der Waals surface area contributed by atoms with Crippen molar-refractivity contribution in [3.05, 3.63) is 93.9 Å². The summed E-state index contributed by atoms with van der Waals surface area (Å²) in [4.78, 5) is 30.9. The summed E-state index contributed by atoms with van der Waals surface area (Å²) in [5.41, 5.74) is 1.38. The van der Waals surface area contributed by atoms with E-state index in [1.807, 2.05) is 54.8 Å². The Labute approximate surface area is 198 Å². The Morgan fingerprint density at radius 1 is 0.939 bits per heavy atom. The van der Waals surface area contributed by atoms with Gasteiger partial charge in [0, 0.05) is 36.7 Å². The standard InChI is InChI=1S/C26H29FN2O3S/c1-2-32-16-7-15-28(26(31)22-11-13-23(27)14-12-22)20-25(30)29(19-24-10-6-17-33-24)18-21-8-4-3-5-9-21/h3-6,8-14,17H,2,7,15-16,18-20H2,1H3. The number of hydrogen-bond donors (Lipinski definition) is 0. The molecule has 7 heteroatoms. The predicted octanol–water partition coefficient (Wildman–Crippen LogP) is 4.99. The van der Waals surface area contributed by atoms with Gasteiger partial charge in [0.25, 0.3) is 5.91 Å². The molecule has 33 heavy (non-hydrogen) atoms. The number of thiophene rings is 1. The number of amides is 2. The summed E-state index contributed by atoms with van der Waals surface area (Å²) in [6.45, 7) is 4.26. The molecule has 0 saturated heterocycles. The van der Waals surface area contributed by atoms with Crippen molar-refractivity contribution < 1.29 is 18.7 Å². The van der Waals surface area contributed by atoms with Gasteiger partial charge in [-0.25, -0.2) is 4.39 Å². The van der Waals surface area contributed by atoms with E-state index in [4.69, 9.17) is 4.74 Å². The van der Waals surface area contributed by atoms with Crippen molar-refractivity contribution in [2.24, 2.45) is 0 Å². The van der Waals surface area contributed by atoms with Crippen molar-refractivity contribution in [1.29, 1.82) is 0 Å². The topological polar surface area (TPSA) is 49.9 Å². The lowest BCUT2D eigenvalue weighted by atomic mass is 10.1. The Morgan fingerprint density at radius 2 is 1.70 bits per heavy atom. The van der Waals surface area contributed by atoms with E-state index in [-0.39, 0.29) is 18.4 Å². The minimum Gasteiger partial charge on any atom is -0.382 e. The van der Waals surface area contributed by atoms with Crippen LogP contribution in [0.4, 0.5) is 4.39 Å². The fourth-order valence-corrected chi connectivity index (χ4v) is 4.14. The van der Waals surface area contributed by atoms with Crippen LogP contribution < -0.4 is 0 Å². The van der Waals surface area contributed by atoms with E-state index < -0.39 is 5.82 Å². The molecule has 0 aliphatic carbocycles. The summed E-state index contributed by atoms with van der Waals surface area (Å²) < 4.78 is 18.7. The first kappa shape index (κ1) is 24.6. The molecule has 0 spiro atoms. The normalized spacial score (nSPS) is 10.7. The molecule has 0 radical (unpaired) electrons. The fourth-order valence-electron chi connectivity index (χ4n) is 3.42. The fraction of sp³-hybridized carbons (Fsp3) is 0.308. The first-order chi connectivity index (χ1) is 16.1. The quantitative estimate of drug-likeness (QED) is 0.352. The van der Waals surface area contributed by atoms with E-state index in [9.17, 15) is 14.0 Å². The zero-order valence-corrected chi connectivity index (χ0v) is 19.6. The van der Waals surface area contributed by atoms with E-state index >= 15 is 0 Å². The van der Waals surface area contributed by atoms with Gasteiger partial charge in [-0.2, -0.15) is 0 Å². The van der Waals surface area contributed by atoms with Gasteiger partial charge in [-0.3, -0.25) is 9.59 Å². The maximum atomic E-state index is 13.4. The van der Waals surface area contributed by atoms with Crippen molar-refractivity contribution in [2.45, 2.75) is 26.4 Å². The maximum absolute atomic E-state index is 13.4. The summed E-state index contributed by atoms with van der Waals surface area (Å²) in [6, 6.07) is 19.2. The van der Waals surface area contributed by atoms with Crippen LogP contribution in [0.25, 0.3) is 0 Å². The minimum absolute atomic E-state index is 0.0550. The predicted molar refractivity (Wildman–Crippen MR) is 128 cm³/mol. The number of carbonyl (C=O) groups is 2. The molecule has 0 saturated carbocycles. The van der Waals surface area contributed by atoms with Crippen LogP contribution in [0, 0.1) is 5.82 Å². The largest absolute Gasteiger partial charge is 0.382 e. The van der Waals surface area contributed by atoms with Crippen molar-refractivity contribution in [2.75, 3.05) is 26.3 Å². The number of halogens is 1. The minimum atomic E-state index is -0.407. The lowest BCUT2D eigenvalue weighted by Gasteiger charge is -2.28. The van der Waals surface area contributed by atoms with E-state index in [1.165, 1.54) is 29.2 Å². The Hall–Kier alpha value is -3.03. The lowest BCUT2D eigenvalue weighted by Crippen LogP contribution is -2.43. The highest BCUT2D eigenvalue weighted by Gasteiger charge is 2.23. The number of benzene rings is 2. The van der Waals surface area contributed by atoms with Crippen LogP contribution in [0.3, 0.4) is 0 Å². The van der Waals surface area contributed by atoms with E-state index in [1.54, 1.807) is 16.2 Å². The molecule has 0 unspecified atom stereocenters. The van der Waals surface area contributed by atoms with Crippen LogP contribution in [0.5, 0.6) is 0 Å². The van der Waals surface area contributed by atoms with Crippen LogP contribution in [-0.2, 0) is 22.6 Å². The highest BCUT2D eigenvalue weighted by atomic mass is 32.1. The second kappa shape index (κ2) is 12.9. The van der Waals surface area contributed by atoms with Crippen molar-refractivity contribution in [3.63, 3.8) is 0 Å². The summed E-state index contributed by atoms with van der Waals surface area (Å²) in [6.07, 6.45) is 0.609.